The Morgan fingerprint density at radius 2 is 0.812 bits per heavy atom. The van der Waals surface area contributed by atoms with Crippen molar-refractivity contribution in [2.24, 2.45) is 0 Å². The van der Waals surface area contributed by atoms with Crippen molar-refractivity contribution >= 4 is 30.8 Å². The predicted octanol–water partition coefficient (Wildman–Crippen LogP) is 7.01. The van der Waals surface area contributed by atoms with E-state index in [1.165, 1.54) is 48.5 Å². The highest BCUT2D eigenvalue weighted by Crippen LogP contribution is 2.57. The molecule has 7 rings (SSSR count). The van der Waals surface area contributed by atoms with Crippen molar-refractivity contribution < 1.29 is 16.8 Å². The van der Waals surface area contributed by atoms with Gasteiger partial charge in [-0.3, -0.25) is 0 Å². The third-order valence-electron chi connectivity index (χ3n) is 8.48. The van der Waals surface area contributed by atoms with Crippen molar-refractivity contribution in [1.29, 1.82) is 21.0 Å². The first-order valence-electron chi connectivity index (χ1n) is 14.3. The molecule has 0 aliphatic heterocycles. The SMILES string of the molecule is N#CC(C#N)=C1c2cc(S(=O)(=O)c3ccccc3)ccc2-c2c1ccc1c2C(=C(C#N)C#N)c2cc(S(=O)(=O)c3ccccc3)ccc2-1. The Morgan fingerprint density at radius 3 is 1.31 bits per heavy atom. The Bertz CT molecular complexity index is 2690. The first-order valence-corrected chi connectivity index (χ1v) is 17.3. The molecule has 0 aromatic heterocycles. The molecule has 5 aromatic carbocycles. The van der Waals surface area contributed by atoms with Crippen molar-refractivity contribution in [3.05, 3.63) is 143 Å². The van der Waals surface area contributed by atoms with Gasteiger partial charge < -0.3 is 0 Å². The van der Waals surface area contributed by atoms with Gasteiger partial charge in [0.25, 0.3) is 0 Å². The summed E-state index contributed by atoms with van der Waals surface area (Å²) in [5.74, 6) is 0. The maximum absolute atomic E-state index is 13.6. The molecule has 0 saturated heterocycles. The zero-order valence-corrected chi connectivity index (χ0v) is 26.3. The highest BCUT2D eigenvalue weighted by atomic mass is 32.2. The van der Waals surface area contributed by atoms with E-state index < -0.39 is 19.7 Å². The van der Waals surface area contributed by atoms with Gasteiger partial charge in [-0.1, -0.05) is 60.7 Å². The molecule has 226 valence electrons. The number of fused-ring (bicyclic) bond motifs is 7. The Morgan fingerprint density at radius 1 is 0.396 bits per heavy atom. The van der Waals surface area contributed by atoms with Gasteiger partial charge in [-0.2, -0.15) is 21.0 Å². The van der Waals surface area contributed by atoms with Crippen LogP contribution in [0.4, 0.5) is 0 Å². The Balaban J connectivity index is 1.53. The van der Waals surface area contributed by atoms with E-state index in [1.54, 1.807) is 60.7 Å². The minimum atomic E-state index is -3.98. The topological polar surface area (TPSA) is 163 Å². The van der Waals surface area contributed by atoms with Gasteiger partial charge in [0.2, 0.25) is 19.7 Å². The predicted molar refractivity (Wildman–Crippen MR) is 176 cm³/mol. The number of allylic oxidation sites excluding steroid dienone is 2. The summed E-state index contributed by atoms with van der Waals surface area (Å²) in [6.45, 7) is 0. The van der Waals surface area contributed by atoms with Crippen LogP contribution in [0.1, 0.15) is 22.3 Å². The minimum absolute atomic E-state index is 0.0300. The molecule has 0 radical (unpaired) electrons. The number of nitrogens with zero attached hydrogens (tertiary/aromatic N) is 4. The molecule has 48 heavy (non-hydrogen) atoms. The fourth-order valence-corrected chi connectivity index (χ4v) is 8.99. The fourth-order valence-electron chi connectivity index (χ4n) is 6.38. The van der Waals surface area contributed by atoms with Gasteiger partial charge in [0.1, 0.15) is 35.4 Å². The molecule has 0 bridgehead atoms. The van der Waals surface area contributed by atoms with E-state index in [2.05, 4.69) is 0 Å². The van der Waals surface area contributed by atoms with Crippen LogP contribution in [-0.4, -0.2) is 16.8 Å². The molecule has 0 saturated carbocycles. The number of hydrogen-bond acceptors (Lipinski definition) is 8. The van der Waals surface area contributed by atoms with E-state index >= 15 is 0 Å². The second-order valence-corrected chi connectivity index (χ2v) is 14.8. The molecular weight excluding hydrogens is 641 g/mol. The highest BCUT2D eigenvalue weighted by Gasteiger charge is 2.38. The van der Waals surface area contributed by atoms with Gasteiger partial charge >= 0.3 is 0 Å². The summed E-state index contributed by atoms with van der Waals surface area (Å²) in [5.41, 5.74) is 3.65. The van der Waals surface area contributed by atoms with E-state index in [1.807, 2.05) is 24.3 Å². The van der Waals surface area contributed by atoms with Crippen LogP contribution in [-0.2, 0) is 19.7 Å². The molecule has 8 nitrogen and oxygen atoms in total. The highest BCUT2D eigenvalue weighted by molar-refractivity contribution is 7.91. The van der Waals surface area contributed by atoms with E-state index in [0.717, 1.165) is 0 Å². The number of benzene rings is 5. The third-order valence-corrected chi connectivity index (χ3v) is 12.0. The Labute approximate surface area is 276 Å². The minimum Gasteiger partial charge on any atom is -0.219 e. The first-order chi connectivity index (χ1) is 23.2. The lowest BCUT2D eigenvalue weighted by atomic mass is 9.90. The lowest BCUT2D eigenvalue weighted by Crippen LogP contribution is -2.02. The van der Waals surface area contributed by atoms with Gasteiger partial charge in [-0.05, 0) is 87.5 Å². The van der Waals surface area contributed by atoms with Crippen LogP contribution in [0.5, 0.6) is 0 Å². The van der Waals surface area contributed by atoms with Gasteiger partial charge in [0.15, 0.2) is 0 Å². The summed E-state index contributed by atoms with van der Waals surface area (Å²) >= 11 is 0. The quantitative estimate of drug-likeness (QED) is 0.182. The van der Waals surface area contributed by atoms with Crippen LogP contribution in [0.2, 0.25) is 0 Å². The van der Waals surface area contributed by atoms with Gasteiger partial charge in [-0.25, -0.2) is 16.8 Å². The maximum Gasteiger partial charge on any atom is 0.206 e. The van der Waals surface area contributed by atoms with Crippen molar-refractivity contribution in [3.8, 4) is 46.5 Å². The molecule has 10 heteroatoms. The molecule has 0 unspecified atom stereocenters. The zero-order valence-electron chi connectivity index (χ0n) is 24.6. The molecular formula is C38H18N4O4S2. The monoisotopic (exact) mass is 658 g/mol. The zero-order chi connectivity index (χ0) is 33.8. The largest absolute Gasteiger partial charge is 0.219 e. The third kappa shape index (κ3) is 4.30. The van der Waals surface area contributed by atoms with E-state index in [-0.39, 0.29) is 41.9 Å². The summed E-state index contributed by atoms with van der Waals surface area (Å²) in [5, 5.41) is 40.2. The number of rotatable bonds is 4. The molecule has 0 atom stereocenters. The molecule has 5 aromatic rings. The van der Waals surface area contributed by atoms with Gasteiger partial charge in [0.05, 0.1) is 19.6 Å². The molecule has 0 fully saturated rings. The summed E-state index contributed by atoms with van der Waals surface area (Å²) in [6, 6.07) is 36.0. The Kier molecular flexibility index (Phi) is 6.93. The van der Waals surface area contributed by atoms with Crippen LogP contribution in [0, 0.1) is 45.3 Å². The summed E-state index contributed by atoms with van der Waals surface area (Å²) in [6.07, 6.45) is 0. The second kappa shape index (κ2) is 11.1. The van der Waals surface area contributed by atoms with Crippen LogP contribution in [0.25, 0.3) is 33.4 Å². The van der Waals surface area contributed by atoms with E-state index in [0.29, 0.717) is 44.5 Å². The molecule has 0 spiro atoms. The maximum atomic E-state index is 13.6. The smallest absolute Gasteiger partial charge is 0.206 e. The average Bonchev–Trinajstić information content (AvgIpc) is 3.62. The number of sulfone groups is 2. The normalized spacial score (nSPS) is 12.3. The second-order valence-electron chi connectivity index (χ2n) is 10.9. The fraction of sp³-hybridized carbons (Fsp3) is 0. The lowest BCUT2D eigenvalue weighted by molar-refractivity contribution is 0.594. The number of nitriles is 4. The van der Waals surface area contributed by atoms with E-state index in [4.69, 9.17) is 0 Å². The first kappa shape index (κ1) is 30.1. The lowest BCUT2D eigenvalue weighted by Gasteiger charge is -2.12. The van der Waals surface area contributed by atoms with Crippen molar-refractivity contribution in [2.45, 2.75) is 19.6 Å². The van der Waals surface area contributed by atoms with Crippen LogP contribution in [0.15, 0.2) is 140 Å². The summed E-state index contributed by atoms with van der Waals surface area (Å²) in [7, 11) is -7.94. The summed E-state index contributed by atoms with van der Waals surface area (Å²) < 4.78 is 54.5. The molecule has 0 amide bonds. The number of hydrogen-bond donors (Lipinski definition) is 0. The summed E-state index contributed by atoms with van der Waals surface area (Å²) in [4.78, 5) is 0.0762. The molecule has 2 aliphatic carbocycles. The standard InChI is InChI=1S/C38H18N4O4S2/c39-19-23(20-40)35-32-16-15-30-29-13-11-27(47(43,44)25-7-3-1-4-8-25)17-33(29)36(24(21-41)22-42)38(30)37(32)31-14-12-28(18-34(31)35)48(45,46)26-9-5-2-6-10-26/h1-18H. The molecule has 0 N–H and O–H groups in total. The molecule has 2 aliphatic rings. The van der Waals surface area contributed by atoms with Crippen molar-refractivity contribution in [1.82, 2.24) is 0 Å². The van der Waals surface area contributed by atoms with E-state index in [9.17, 15) is 37.9 Å². The van der Waals surface area contributed by atoms with Gasteiger partial charge in [-0.15, -0.1) is 0 Å². The van der Waals surface area contributed by atoms with Gasteiger partial charge in [0, 0.05) is 16.7 Å². The average molecular weight is 659 g/mol. The van der Waals surface area contributed by atoms with Crippen molar-refractivity contribution in [2.75, 3.05) is 0 Å². The van der Waals surface area contributed by atoms with Crippen LogP contribution < -0.4 is 0 Å². The molecule has 0 heterocycles. The van der Waals surface area contributed by atoms with Crippen LogP contribution >= 0.6 is 0 Å². The van der Waals surface area contributed by atoms with Crippen molar-refractivity contribution in [3.63, 3.8) is 0 Å². The van der Waals surface area contributed by atoms with Crippen LogP contribution in [0.3, 0.4) is 0 Å². The Hall–Kier alpha value is -6.56.